The molecule has 0 radical (unpaired) electrons. The van der Waals surface area contributed by atoms with Gasteiger partial charge in [0.15, 0.2) is 4.80 Å². The molecule has 0 N–H and O–H groups in total. The lowest BCUT2D eigenvalue weighted by Crippen LogP contribution is -2.39. The van der Waals surface area contributed by atoms with Gasteiger partial charge in [0.05, 0.1) is 28.5 Å². The van der Waals surface area contributed by atoms with Gasteiger partial charge >= 0.3 is 5.97 Å². The lowest BCUT2D eigenvalue weighted by Gasteiger charge is -2.25. The van der Waals surface area contributed by atoms with Gasteiger partial charge in [-0.25, -0.2) is 9.79 Å². The van der Waals surface area contributed by atoms with E-state index in [1.54, 1.807) is 11.5 Å². The van der Waals surface area contributed by atoms with E-state index in [9.17, 15) is 9.59 Å². The third kappa shape index (κ3) is 4.09. The predicted molar refractivity (Wildman–Crippen MR) is 136 cm³/mol. The number of rotatable bonds is 5. The fourth-order valence-electron chi connectivity index (χ4n) is 4.34. The number of fused-ring (bicyclic) bond motifs is 1. The minimum absolute atomic E-state index is 0.156. The maximum Gasteiger partial charge on any atom is 0.338 e. The number of ether oxygens (including phenoxy) is 1. The number of allylic oxidation sites excluding steroid dienone is 1. The molecule has 7 heteroatoms. The van der Waals surface area contributed by atoms with Crippen molar-refractivity contribution in [2.24, 2.45) is 12.0 Å². The van der Waals surface area contributed by atoms with E-state index in [0.29, 0.717) is 26.5 Å². The second kappa shape index (κ2) is 9.22. The lowest BCUT2D eigenvalue weighted by atomic mass is 9.93. The molecule has 3 heterocycles. The summed E-state index contributed by atoms with van der Waals surface area (Å²) in [6.07, 6.45) is 1.93. The molecule has 1 unspecified atom stereocenters. The Hall–Kier alpha value is -3.19. The minimum Gasteiger partial charge on any atom is -0.463 e. The first kappa shape index (κ1) is 24.0. The molecule has 4 rings (SSSR count). The van der Waals surface area contributed by atoms with E-state index in [2.05, 4.69) is 41.6 Å². The van der Waals surface area contributed by atoms with Crippen molar-refractivity contribution in [3.63, 3.8) is 0 Å². The standard InChI is InChI=1S/C27H31N3O3S/c1-8-33-26(32)23-17(5)28-27-30(24(23)20-11-9-19(10-12-20)15(2)3)25(31)22(34-27)14-21-13-16(4)29(7)18(21)6/h9-15,24H,8H2,1-7H3. The highest BCUT2D eigenvalue weighted by molar-refractivity contribution is 7.07. The Morgan fingerprint density at radius 2 is 1.88 bits per heavy atom. The molecule has 178 valence electrons. The summed E-state index contributed by atoms with van der Waals surface area (Å²) >= 11 is 1.35. The van der Waals surface area contributed by atoms with Gasteiger partial charge in [0.1, 0.15) is 0 Å². The number of hydrogen-bond acceptors (Lipinski definition) is 5. The van der Waals surface area contributed by atoms with Crippen LogP contribution in [0.25, 0.3) is 6.08 Å². The van der Waals surface area contributed by atoms with Crippen LogP contribution >= 0.6 is 11.3 Å². The molecular formula is C27H31N3O3S. The van der Waals surface area contributed by atoms with Gasteiger partial charge in [-0.2, -0.15) is 0 Å². The van der Waals surface area contributed by atoms with Crippen LogP contribution in [0.3, 0.4) is 0 Å². The monoisotopic (exact) mass is 477 g/mol. The molecule has 0 saturated heterocycles. The Labute approximate surface area is 203 Å². The average Bonchev–Trinajstić information content (AvgIpc) is 3.23. The molecule has 1 aliphatic heterocycles. The second-order valence-electron chi connectivity index (χ2n) is 9.01. The Morgan fingerprint density at radius 3 is 2.44 bits per heavy atom. The lowest BCUT2D eigenvalue weighted by molar-refractivity contribution is -0.139. The van der Waals surface area contributed by atoms with E-state index in [1.807, 2.05) is 46.0 Å². The van der Waals surface area contributed by atoms with Crippen LogP contribution < -0.4 is 14.9 Å². The summed E-state index contributed by atoms with van der Waals surface area (Å²) in [6, 6.07) is 9.61. The van der Waals surface area contributed by atoms with E-state index in [-0.39, 0.29) is 12.2 Å². The van der Waals surface area contributed by atoms with E-state index in [0.717, 1.165) is 22.5 Å². The van der Waals surface area contributed by atoms with Crippen LogP contribution in [0.4, 0.5) is 0 Å². The van der Waals surface area contributed by atoms with Crippen LogP contribution in [0.1, 0.15) is 67.7 Å². The van der Waals surface area contributed by atoms with Gasteiger partial charge < -0.3 is 9.30 Å². The summed E-state index contributed by atoms with van der Waals surface area (Å²) in [5, 5.41) is 0. The Kier molecular flexibility index (Phi) is 6.49. The number of nitrogens with zero attached hydrogens (tertiary/aromatic N) is 3. The molecule has 0 bridgehead atoms. The molecule has 0 saturated carbocycles. The van der Waals surface area contributed by atoms with Crippen molar-refractivity contribution in [2.75, 3.05) is 6.61 Å². The predicted octanol–water partition coefficient (Wildman–Crippen LogP) is 3.88. The maximum atomic E-state index is 13.7. The first-order chi connectivity index (χ1) is 16.1. The maximum absolute atomic E-state index is 13.7. The van der Waals surface area contributed by atoms with Crippen molar-refractivity contribution in [1.29, 1.82) is 0 Å². The summed E-state index contributed by atoms with van der Waals surface area (Å²) < 4.78 is 9.71. The summed E-state index contributed by atoms with van der Waals surface area (Å²) in [6.45, 7) is 12.2. The van der Waals surface area contributed by atoms with Gasteiger partial charge in [0, 0.05) is 18.4 Å². The molecule has 1 aliphatic rings. The number of thiazole rings is 1. The fourth-order valence-corrected chi connectivity index (χ4v) is 5.38. The quantitative estimate of drug-likeness (QED) is 0.524. The molecule has 6 nitrogen and oxygen atoms in total. The van der Waals surface area contributed by atoms with Crippen LogP contribution in [-0.4, -0.2) is 21.7 Å². The van der Waals surface area contributed by atoms with Crippen molar-refractivity contribution in [2.45, 2.75) is 53.5 Å². The van der Waals surface area contributed by atoms with Gasteiger partial charge in [0.25, 0.3) is 5.56 Å². The molecule has 2 aromatic heterocycles. The Morgan fingerprint density at radius 1 is 1.21 bits per heavy atom. The number of benzene rings is 1. The van der Waals surface area contributed by atoms with Gasteiger partial charge in [-0.3, -0.25) is 9.36 Å². The van der Waals surface area contributed by atoms with E-state index in [4.69, 9.17) is 4.74 Å². The first-order valence-corrected chi connectivity index (χ1v) is 12.4. The molecule has 1 atom stereocenters. The van der Waals surface area contributed by atoms with Crippen LogP contribution in [0.5, 0.6) is 0 Å². The molecule has 0 fully saturated rings. The highest BCUT2D eigenvalue weighted by Crippen LogP contribution is 2.31. The van der Waals surface area contributed by atoms with Crippen molar-refractivity contribution < 1.29 is 9.53 Å². The highest BCUT2D eigenvalue weighted by Gasteiger charge is 2.33. The van der Waals surface area contributed by atoms with Crippen molar-refractivity contribution in [3.05, 3.63) is 89.4 Å². The van der Waals surface area contributed by atoms with Crippen molar-refractivity contribution in [1.82, 2.24) is 9.13 Å². The van der Waals surface area contributed by atoms with Crippen LogP contribution in [0.15, 0.2) is 51.4 Å². The normalized spacial score (nSPS) is 16.1. The Balaban J connectivity index is 1.95. The molecule has 1 aromatic carbocycles. The smallest absolute Gasteiger partial charge is 0.338 e. The van der Waals surface area contributed by atoms with Gasteiger partial charge in [0.2, 0.25) is 0 Å². The zero-order chi connectivity index (χ0) is 24.7. The van der Waals surface area contributed by atoms with Crippen LogP contribution in [-0.2, 0) is 16.6 Å². The molecule has 3 aromatic rings. The molecule has 0 amide bonds. The van der Waals surface area contributed by atoms with E-state index >= 15 is 0 Å². The summed E-state index contributed by atoms with van der Waals surface area (Å²) in [7, 11) is 2.01. The average molecular weight is 478 g/mol. The van der Waals surface area contributed by atoms with E-state index in [1.165, 1.54) is 16.9 Å². The third-order valence-electron chi connectivity index (χ3n) is 6.54. The number of hydrogen-bond donors (Lipinski definition) is 0. The topological polar surface area (TPSA) is 65.6 Å². The Bertz CT molecular complexity index is 1470. The molecule has 0 aliphatic carbocycles. The first-order valence-electron chi connectivity index (χ1n) is 11.6. The minimum atomic E-state index is -0.586. The SMILES string of the molecule is CCOC(=O)C1=C(C)N=c2sc(=Cc3cc(C)n(C)c3C)c(=O)n2C1c1ccc(C(C)C)cc1. The zero-order valence-corrected chi connectivity index (χ0v) is 21.6. The second-order valence-corrected chi connectivity index (χ2v) is 10.0. The zero-order valence-electron chi connectivity index (χ0n) is 20.8. The number of esters is 1. The summed E-state index contributed by atoms with van der Waals surface area (Å²) in [5.74, 6) is -0.0547. The van der Waals surface area contributed by atoms with Gasteiger partial charge in [-0.1, -0.05) is 49.4 Å². The summed E-state index contributed by atoms with van der Waals surface area (Å²) in [5.41, 5.74) is 6.11. The van der Waals surface area contributed by atoms with Gasteiger partial charge in [-0.05, 0) is 62.4 Å². The number of aryl methyl sites for hydroxylation is 1. The number of carbonyl (C=O) groups is 1. The molecule has 34 heavy (non-hydrogen) atoms. The van der Waals surface area contributed by atoms with Crippen LogP contribution in [0, 0.1) is 13.8 Å². The number of aromatic nitrogens is 2. The third-order valence-corrected chi connectivity index (χ3v) is 7.52. The van der Waals surface area contributed by atoms with Crippen molar-refractivity contribution in [3.8, 4) is 0 Å². The van der Waals surface area contributed by atoms with Crippen molar-refractivity contribution >= 4 is 23.4 Å². The largest absolute Gasteiger partial charge is 0.463 e. The number of carbonyl (C=O) groups excluding carboxylic acids is 1. The fraction of sp³-hybridized carbons (Fsp3) is 0.370. The van der Waals surface area contributed by atoms with Crippen LogP contribution in [0.2, 0.25) is 0 Å². The molecular weight excluding hydrogens is 446 g/mol. The summed E-state index contributed by atoms with van der Waals surface area (Å²) in [4.78, 5) is 32.0. The van der Waals surface area contributed by atoms with Gasteiger partial charge in [-0.15, -0.1) is 0 Å². The van der Waals surface area contributed by atoms with E-state index < -0.39 is 12.0 Å². The highest BCUT2D eigenvalue weighted by atomic mass is 32.1. The molecule has 0 spiro atoms.